The van der Waals surface area contributed by atoms with Crippen LogP contribution in [0.2, 0.25) is 0 Å². The monoisotopic (exact) mass is 420 g/mol. The Morgan fingerprint density at radius 1 is 0.607 bits per heavy atom. The second kappa shape index (κ2) is 12.0. The van der Waals surface area contributed by atoms with Gasteiger partial charge in [0.2, 0.25) is 13.1 Å². The zero-order valence-electron chi connectivity index (χ0n) is 14.9. The highest BCUT2D eigenvalue weighted by Crippen LogP contribution is 2.07. The van der Waals surface area contributed by atoms with E-state index < -0.39 is 14.5 Å². The second-order valence-electron chi connectivity index (χ2n) is 4.94. The Bertz CT molecular complexity index is 596. The Kier molecular flexibility index (Phi) is 10.9. The Morgan fingerprint density at radius 3 is 1.00 bits per heavy atom. The average Bonchev–Trinajstić information content (AvgIpc) is 2.58. The molecule has 0 aliphatic carbocycles. The van der Waals surface area contributed by atoms with Gasteiger partial charge in [-0.25, -0.2) is 0 Å². The quantitative estimate of drug-likeness (QED) is 0.420. The minimum absolute atomic E-state index is 0.878. The molecule has 28 heavy (non-hydrogen) atoms. The Morgan fingerprint density at radius 2 is 0.821 bits per heavy atom. The number of halogens is 8. The number of rotatable bonds is 5. The molecule has 2 heterocycles. The molecule has 14 heteroatoms. The molecule has 4 nitrogen and oxygen atoms in total. The predicted octanol–water partition coefficient (Wildman–Crippen LogP) is 3.58. The van der Waals surface area contributed by atoms with Crippen LogP contribution in [0.4, 0.5) is 34.5 Å². The third-order valence-corrected chi connectivity index (χ3v) is 2.81. The van der Waals surface area contributed by atoms with Crippen molar-refractivity contribution in [1.29, 1.82) is 0 Å². The van der Waals surface area contributed by atoms with Crippen molar-refractivity contribution in [2.45, 2.75) is 13.1 Å². The fourth-order valence-corrected chi connectivity index (χ4v) is 1.69. The molecule has 2 rings (SSSR count). The minimum Gasteiger partial charge on any atom is -0.496 e. The van der Waals surface area contributed by atoms with Crippen LogP contribution >= 0.6 is 0 Å². The van der Waals surface area contributed by atoms with Gasteiger partial charge in [-0.2, -0.15) is 9.13 Å². The summed E-state index contributed by atoms with van der Waals surface area (Å²) in [6.45, 7) is 1.84. The van der Waals surface area contributed by atoms with Crippen molar-refractivity contribution in [3.05, 3.63) is 49.1 Å². The van der Waals surface area contributed by atoms with Gasteiger partial charge >= 0.3 is 14.5 Å². The van der Waals surface area contributed by atoms with E-state index in [1.807, 2.05) is 49.1 Å². The lowest BCUT2D eigenvalue weighted by molar-refractivity contribution is -0.778. The van der Waals surface area contributed by atoms with Crippen LogP contribution < -0.4 is 18.6 Å². The van der Waals surface area contributed by atoms with Gasteiger partial charge in [0.1, 0.15) is 11.5 Å². The summed E-state index contributed by atoms with van der Waals surface area (Å²) in [5.74, 6) is 1.76. The highest BCUT2D eigenvalue weighted by molar-refractivity contribution is 6.50. The van der Waals surface area contributed by atoms with E-state index in [4.69, 9.17) is 9.47 Å². The molecule has 2 aromatic rings. The fourth-order valence-electron chi connectivity index (χ4n) is 1.69. The molecule has 0 atom stereocenters. The first kappa shape index (κ1) is 25.5. The SMILES string of the molecule is COc1cc[n+](CC[n+]2ccc(OC)cc2)cc1.F[B-](F)(F)F.F[B-](F)(F)F. The summed E-state index contributed by atoms with van der Waals surface area (Å²) in [6, 6.07) is 7.83. The van der Waals surface area contributed by atoms with Crippen LogP contribution in [0.25, 0.3) is 0 Å². The summed E-state index contributed by atoms with van der Waals surface area (Å²) in [4.78, 5) is 0. The van der Waals surface area contributed by atoms with Crippen LogP contribution in [0.3, 0.4) is 0 Å². The molecule has 0 spiro atoms. The van der Waals surface area contributed by atoms with Gasteiger partial charge in [-0.1, -0.05) is 0 Å². The molecule has 0 N–H and O–H groups in total. The topological polar surface area (TPSA) is 26.2 Å². The fraction of sp³-hybridized carbons (Fsp3) is 0.286. The molecule has 0 saturated carbocycles. The molecule has 0 radical (unpaired) electrons. The van der Waals surface area contributed by atoms with Gasteiger partial charge < -0.3 is 44.0 Å². The lowest BCUT2D eigenvalue weighted by Crippen LogP contribution is -2.43. The summed E-state index contributed by atoms with van der Waals surface area (Å²) >= 11 is 0. The number of nitrogens with zero attached hydrogens (tertiary/aromatic N) is 2. The molecule has 158 valence electrons. The molecular weight excluding hydrogens is 402 g/mol. The van der Waals surface area contributed by atoms with E-state index in [1.165, 1.54) is 0 Å². The lowest BCUT2D eigenvalue weighted by Gasteiger charge is -1.99. The molecule has 2 aromatic heterocycles. The van der Waals surface area contributed by atoms with E-state index in [-0.39, 0.29) is 0 Å². The van der Waals surface area contributed by atoms with Crippen molar-refractivity contribution in [3.63, 3.8) is 0 Å². The maximum Gasteiger partial charge on any atom is 0.673 e. The van der Waals surface area contributed by atoms with Crippen LogP contribution in [0, 0.1) is 0 Å². The number of ether oxygens (including phenoxy) is 2. The van der Waals surface area contributed by atoms with E-state index in [1.54, 1.807) is 14.2 Å². The Hall–Kier alpha value is -2.53. The van der Waals surface area contributed by atoms with E-state index >= 15 is 0 Å². The van der Waals surface area contributed by atoms with Crippen LogP contribution in [-0.2, 0) is 13.1 Å². The van der Waals surface area contributed by atoms with Crippen molar-refractivity contribution in [1.82, 2.24) is 0 Å². The number of pyridine rings is 2. The first-order valence-corrected chi connectivity index (χ1v) is 7.62. The molecule has 0 unspecified atom stereocenters. The lowest BCUT2D eigenvalue weighted by atomic mass is 10.3. The molecule has 0 bridgehead atoms. The zero-order valence-corrected chi connectivity index (χ0v) is 14.9. The second-order valence-corrected chi connectivity index (χ2v) is 4.94. The molecule has 0 amide bonds. The minimum atomic E-state index is -6.00. The number of aromatic nitrogens is 2. The Labute approximate surface area is 156 Å². The van der Waals surface area contributed by atoms with E-state index in [0.717, 1.165) is 24.6 Å². The normalized spacial score (nSPS) is 10.8. The summed E-state index contributed by atoms with van der Waals surface area (Å²) in [5, 5.41) is 0. The van der Waals surface area contributed by atoms with Crippen LogP contribution in [0.5, 0.6) is 11.5 Å². The largest absolute Gasteiger partial charge is 0.673 e. The maximum absolute atomic E-state index is 9.75. The molecule has 0 aromatic carbocycles. The van der Waals surface area contributed by atoms with Gasteiger partial charge in [0.25, 0.3) is 0 Å². The molecule has 0 aliphatic rings. The van der Waals surface area contributed by atoms with Gasteiger partial charge in [-0.15, -0.1) is 0 Å². The third kappa shape index (κ3) is 16.9. The smallest absolute Gasteiger partial charge is 0.496 e. The molecule has 0 aliphatic heterocycles. The van der Waals surface area contributed by atoms with Crippen LogP contribution in [0.1, 0.15) is 0 Å². The summed E-state index contributed by atoms with van der Waals surface area (Å²) < 4.78 is 92.5. The summed E-state index contributed by atoms with van der Waals surface area (Å²) in [6.07, 6.45) is 8.07. The first-order valence-electron chi connectivity index (χ1n) is 7.62. The van der Waals surface area contributed by atoms with E-state index in [0.29, 0.717) is 0 Å². The molecular formula is C14H18B2F8N2O2. The predicted molar refractivity (Wildman–Crippen MR) is 86.8 cm³/mol. The molecule has 0 saturated heterocycles. The van der Waals surface area contributed by atoms with Crippen molar-refractivity contribution < 1.29 is 53.1 Å². The average molecular weight is 420 g/mol. The van der Waals surface area contributed by atoms with Crippen molar-refractivity contribution >= 4 is 14.5 Å². The van der Waals surface area contributed by atoms with Gasteiger partial charge in [-0.05, 0) is 0 Å². The number of hydrogen-bond acceptors (Lipinski definition) is 2. The van der Waals surface area contributed by atoms with Crippen molar-refractivity contribution in [2.24, 2.45) is 0 Å². The van der Waals surface area contributed by atoms with Crippen molar-refractivity contribution in [2.75, 3.05) is 14.2 Å². The molecule has 0 fully saturated rings. The summed E-state index contributed by atoms with van der Waals surface area (Å²) in [7, 11) is -8.65. The summed E-state index contributed by atoms with van der Waals surface area (Å²) in [5.41, 5.74) is 0. The van der Waals surface area contributed by atoms with Gasteiger partial charge in [-0.3, -0.25) is 0 Å². The van der Waals surface area contributed by atoms with Crippen LogP contribution in [-0.4, -0.2) is 28.7 Å². The van der Waals surface area contributed by atoms with Gasteiger partial charge in [0.05, 0.1) is 14.2 Å². The van der Waals surface area contributed by atoms with Crippen molar-refractivity contribution in [3.8, 4) is 11.5 Å². The highest BCUT2D eigenvalue weighted by atomic mass is 19.5. The van der Waals surface area contributed by atoms with Gasteiger partial charge in [0.15, 0.2) is 24.8 Å². The van der Waals surface area contributed by atoms with E-state index in [2.05, 4.69) is 9.13 Å². The number of hydrogen-bond donors (Lipinski definition) is 0. The van der Waals surface area contributed by atoms with Gasteiger partial charge in [0, 0.05) is 24.3 Å². The maximum atomic E-state index is 9.75. The first-order chi connectivity index (χ1) is 12.8. The zero-order chi connectivity index (χ0) is 21.8. The highest BCUT2D eigenvalue weighted by Gasteiger charge is 2.21. The third-order valence-electron chi connectivity index (χ3n) is 2.81. The standard InChI is InChI=1S/C14H18N2O2.2BF4/c1-17-13-3-7-15(8-4-13)11-12-16-9-5-14(18-2)6-10-16;2*2-1(3,4)5/h3-10H,11-12H2,1-2H3;;/q+2;2*-1. The number of aryl methyl sites for hydroxylation is 2. The number of methoxy groups -OCH3 is 2. The Balaban J connectivity index is 0.000000607. The van der Waals surface area contributed by atoms with E-state index in [9.17, 15) is 34.5 Å². The van der Waals surface area contributed by atoms with Crippen LogP contribution in [0.15, 0.2) is 49.1 Å².